The standard InChI is InChI=1S/C14H13Cl2NO3S/c1-20-9-5-6-13(17)14(7-9)21(18,19)8-10-11(15)3-2-4-12(10)16/h2-7H,8,17H2,1H3. The minimum atomic E-state index is -3.70. The Morgan fingerprint density at radius 1 is 1.14 bits per heavy atom. The van der Waals surface area contributed by atoms with Crippen molar-refractivity contribution < 1.29 is 13.2 Å². The fourth-order valence-corrected chi connectivity index (χ4v) is 4.11. The van der Waals surface area contributed by atoms with Crippen molar-refractivity contribution >= 4 is 38.7 Å². The van der Waals surface area contributed by atoms with Crippen molar-refractivity contribution in [2.24, 2.45) is 0 Å². The van der Waals surface area contributed by atoms with Crippen LogP contribution in [0.2, 0.25) is 10.0 Å². The van der Waals surface area contributed by atoms with Gasteiger partial charge in [0.25, 0.3) is 0 Å². The molecule has 0 unspecified atom stereocenters. The van der Waals surface area contributed by atoms with Crippen LogP contribution < -0.4 is 10.5 Å². The zero-order valence-electron chi connectivity index (χ0n) is 11.1. The minimum absolute atomic E-state index is 0.00200. The number of sulfone groups is 1. The molecule has 0 aromatic heterocycles. The fourth-order valence-electron chi connectivity index (χ4n) is 1.85. The Hall–Kier alpha value is -1.43. The first-order valence-electron chi connectivity index (χ1n) is 5.94. The Kier molecular flexibility index (Phi) is 4.66. The summed E-state index contributed by atoms with van der Waals surface area (Å²) in [6.45, 7) is 0. The van der Waals surface area contributed by atoms with Gasteiger partial charge in [0.2, 0.25) is 0 Å². The molecule has 112 valence electrons. The highest BCUT2D eigenvalue weighted by Crippen LogP contribution is 2.31. The summed E-state index contributed by atoms with van der Waals surface area (Å²) >= 11 is 12.0. The molecule has 0 aliphatic heterocycles. The van der Waals surface area contributed by atoms with Crippen LogP contribution >= 0.6 is 23.2 Å². The van der Waals surface area contributed by atoms with Gasteiger partial charge in [0.15, 0.2) is 9.84 Å². The van der Waals surface area contributed by atoms with Gasteiger partial charge in [-0.15, -0.1) is 0 Å². The first kappa shape index (κ1) is 15.9. The molecule has 0 saturated carbocycles. The molecular weight excluding hydrogens is 333 g/mol. The van der Waals surface area contributed by atoms with E-state index in [0.29, 0.717) is 21.4 Å². The summed E-state index contributed by atoms with van der Waals surface area (Å²) < 4.78 is 30.1. The second kappa shape index (κ2) is 6.13. The van der Waals surface area contributed by atoms with E-state index in [1.54, 1.807) is 24.3 Å². The molecule has 2 aromatic carbocycles. The van der Waals surface area contributed by atoms with Gasteiger partial charge in [-0.2, -0.15) is 0 Å². The number of benzene rings is 2. The molecule has 0 saturated heterocycles. The van der Waals surface area contributed by atoms with Gasteiger partial charge in [-0.05, 0) is 24.3 Å². The van der Waals surface area contributed by atoms with Crippen molar-refractivity contribution in [2.75, 3.05) is 12.8 Å². The second-order valence-corrected chi connectivity index (χ2v) is 7.14. The van der Waals surface area contributed by atoms with Crippen LogP contribution in [-0.4, -0.2) is 15.5 Å². The van der Waals surface area contributed by atoms with Crippen LogP contribution in [0.5, 0.6) is 5.75 Å². The first-order chi connectivity index (χ1) is 9.85. The normalized spacial score (nSPS) is 11.4. The molecule has 4 nitrogen and oxygen atoms in total. The molecule has 21 heavy (non-hydrogen) atoms. The van der Waals surface area contributed by atoms with Gasteiger partial charge in [-0.1, -0.05) is 29.3 Å². The van der Waals surface area contributed by atoms with Crippen molar-refractivity contribution in [1.82, 2.24) is 0 Å². The Morgan fingerprint density at radius 3 is 2.33 bits per heavy atom. The lowest BCUT2D eigenvalue weighted by atomic mass is 10.2. The zero-order chi connectivity index (χ0) is 15.6. The molecule has 2 rings (SSSR count). The predicted octanol–water partition coefficient (Wildman–Crippen LogP) is 3.56. The van der Waals surface area contributed by atoms with Gasteiger partial charge in [0, 0.05) is 21.7 Å². The zero-order valence-corrected chi connectivity index (χ0v) is 13.5. The van der Waals surface area contributed by atoms with Crippen LogP contribution in [-0.2, 0) is 15.6 Å². The molecule has 0 aliphatic carbocycles. The number of hydrogen-bond donors (Lipinski definition) is 1. The number of rotatable bonds is 4. The highest BCUT2D eigenvalue weighted by Gasteiger charge is 2.22. The number of hydrogen-bond acceptors (Lipinski definition) is 4. The van der Waals surface area contributed by atoms with Crippen molar-refractivity contribution in [3.63, 3.8) is 0 Å². The van der Waals surface area contributed by atoms with Crippen LogP contribution in [0.15, 0.2) is 41.3 Å². The molecule has 0 amide bonds. The predicted molar refractivity (Wildman–Crippen MR) is 84.8 cm³/mol. The number of nitrogen functional groups attached to an aromatic ring is 1. The average Bonchev–Trinajstić information content (AvgIpc) is 2.43. The summed E-state index contributed by atoms with van der Waals surface area (Å²) in [6, 6.07) is 9.30. The monoisotopic (exact) mass is 345 g/mol. The summed E-state index contributed by atoms with van der Waals surface area (Å²) in [5.41, 5.74) is 6.26. The molecule has 7 heteroatoms. The highest BCUT2D eigenvalue weighted by molar-refractivity contribution is 7.90. The topological polar surface area (TPSA) is 69.4 Å². The van der Waals surface area contributed by atoms with Crippen molar-refractivity contribution in [3.8, 4) is 5.75 Å². The van der Waals surface area contributed by atoms with Gasteiger partial charge >= 0.3 is 0 Å². The lowest BCUT2D eigenvalue weighted by Crippen LogP contribution is -2.09. The van der Waals surface area contributed by atoms with Gasteiger partial charge in [0.1, 0.15) is 5.75 Å². The number of halogens is 2. The number of anilines is 1. The Bertz CT molecular complexity index is 756. The van der Waals surface area contributed by atoms with Crippen molar-refractivity contribution in [1.29, 1.82) is 0 Å². The van der Waals surface area contributed by atoms with Gasteiger partial charge in [-0.25, -0.2) is 8.42 Å². The number of nitrogens with two attached hydrogens (primary N) is 1. The molecule has 0 heterocycles. The van der Waals surface area contributed by atoms with Gasteiger partial charge in [-0.3, -0.25) is 0 Å². The molecule has 0 aliphatic rings. The molecule has 0 radical (unpaired) electrons. The van der Waals surface area contributed by atoms with Crippen LogP contribution in [0.25, 0.3) is 0 Å². The second-order valence-electron chi connectivity index (χ2n) is 4.36. The third-order valence-electron chi connectivity index (χ3n) is 2.95. The van der Waals surface area contributed by atoms with Crippen LogP contribution in [0.1, 0.15) is 5.56 Å². The summed E-state index contributed by atoms with van der Waals surface area (Å²) in [4.78, 5) is -0.00200. The summed E-state index contributed by atoms with van der Waals surface area (Å²) in [5.74, 6) is 0.0797. The van der Waals surface area contributed by atoms with E-state index in [9.17, 15) is 8.42 Å². The highest BCUT2D eigenvalue weighted by atomic mass is 35.5. The van der Waals surface area contributed by atoms with E-state index < -0.39 is 9.84 Å². The number of ether oxygens (including phenoxy) is 1. The van der Waals surface area contributed by atoms with E-state index in [0.717, 1.165) is 0 Å². The SMILES string of the molecule is COc1ccc(N)c(S(=O)(=O)Cc2c(Cl)cccc2Cl)c1. The van der Waals surface area contributed by atoms with Crippen LogP contribution in [0.3, 0.4) is 0 Å². The Morgan fingerprint density at radius 2 is 1.76 bits per heavy atom. The summed E-state index contributed by atoms with van der Waals surface area (Å²) in [7, 11) is -2.24. The molecule has 2 N–H and O–H groups in total. The first-order valence-corrected chi connectivity index (χ1v) is 8.35. The molecular formula is C14H13Cl2NO3S. The van der Waals surface area contributed by atoms with Gasteiger partial charge < -0.3 is 10.5 Å². The molecule has 0 fully saturated rings. The average molecular weight is 346 g/mol. The maximum atomic E-state index is 12.5. The molecule has 0 spiro atoms. The largest absolute Gasteiger partial charge is 0.497 e. The smallest absolute Gasteiger partial charge is 0.184 e. The van der Waals surface area contributed by atoms with E-state index >= 15 is 0 Å². The van der Waals surface area contributed by atoms with E-state index in [-0.39, 0.29) is 16.3 Å². The quantitative estimate of drug-likeness (QED) is 0.860. The maximum absolute atomic E-state index is 12.5. The third kappa shape index (κ3) is 3.43. The minimum Gasteiger partial charge on any atom is -0.497 e. The van der Waals surface area contributed by atoms with Crippen LogP contribution in [0, 0.1) is 0 Å². The maximum Gasteiger partial charge on any atom is 0.184 e. The lowest BCUT2D eigenvalue weighted by Gasteiger charge is -2.11. The van der Waals surface area contributed by atoms with Crippen molar-refractivity contribution in [3.05, 3.63) is 52.0 Å². The van der Waals surface area contributed by atoms with Crippen LogP contribution in [0.4, 0.5) is 5.69 Å². The molecule has 0 bridgehead atoms. The summed E-state index contributed by atoms with van der Waals surface area (Å²) in [6.07, 6.45) is 0. The van der Waals surface area contributed by atoms with E-state index in [2.05, 4.69) is 0 Å². The molecule has 0 atom stereocenters. The summed E-state index contributed by atoms with van der Waals surface area (Å²) in [5, 5.41) is 0.597. The lowest BCUT2D eigenvalue weighted by molar-refractivity contribution is 0.413. The van der Waals surface area contributed by atoms with E-state index in [4.69, 9.17) is 33.7 Å². The Labute approximate surface area is 133 Å². The fraction of sp³-hybridized carbons (Fsp3) is 0.143. The van der Waals surface area contributed by atoms with E-state index in [1.165, 1.54) is 19.2 Å². The Balaban J connectivity index is 2.48. The van der Waals surface area contributed by atoms with E-state index in [1.807, 2.05) is 0 Å². The van der Waals surface area contributed by atoms with Gasteiger partial charge in [0.05, 0.1) is 23.4 Å². The third-order valence-corrected chi connectivity index (χ3v) is 5.35. The van der Waals surface area contributed by atoms with Crippen molar-refractivity contribution in [2.45, 2.75) is 10.6 Å². The molecule has 2 aromatic rings. The number of methoxy groups -OCH3 is 1.